The molecule has 66 valence electrons. The number of hydrogen-bond donors (Lipinski definition) is 2. The van der Waals surface area contributed by atoms with Crippen LogP contribution < -0.4 is 10.6 Å². The molecule has 1 atom stereocenters. The molecule has 1 aliphatic heterocycles. The third-order valence-electron chi connectivity index (χ3n) is 1.98. The predicted molar refractivity (Wildman–Crippen MR) is 50.5 cm³/mol. The van der Waals surface area contributed by atoms with Gasteiger partial charge in [-0.25, -0.2) is 4.98 Å². The lowest BCUT2D eigenvalue weighted by molar-refractivity contribution is 0.429. The lowest BCUT2D eigenvalue weighted by Crippen LogP contribution is -2.42. The van der Waals surface area contributed by atoms with E-state index in [9.17, 15) is 0 Å². The summed E-state index contributed by atoms with van der Waals surface area (Å²) in [5.41, 5.74) is 1.13. The van der Waals surface area contributed by atoms with Crippen LogP contribution in [0.25, 0.3) is 0 Å². The second-order valence-corrected chi connectivity index (χ2v) is 3.93. The third kappa shape index (κ3) is 1.65. The van der Waals surface area contributed by atoms with Gasteiger partial charge in [-0.05, 0) is 6.92 Å². The van der Waals surface area contributed by atoms with Crippen molar-refractivity contribution >= 4 is 11.3 Å². The van der Waals surface area contributed by atoms with Gasteiger partial charge in [-0.1, -0.05) is 0 Å². The number of rotatable bonds is 1. The zero-order valence-electron chi connectivity index (χ0n) is 7.13. The van der Waals surface area contributed by atoms with Crippen LogP contribution in [0.3, 0.4) is 0 Å². The van der Waals surface area contributed by atoms with Crippen LogP contribution in [0.5, 0.6) is 0 Å². The van der Waals surface area contributed by atoms with Gasteiger partial charge in [0.2, 0.25) is 0 Å². The highest BCUT2D eigenvalue weighted by molar-refractivity contribution is 7.09. The Labute approximate surface area is 76.2 Å². The minimum Gasteiger partial charge on any atom is -0.313 e. The minimum absolute atomic E-state index is 0.428. The summed E-state index contributed by atoms with van der Waals surface area (Å²) in [5, 5.41) is 10.1. The Morgan fingerprint density at radius 1 is 1.58 bits per heavy atom. The topological polar surface area (TPSA) is 37.0 Å². The summed E-state index contributed by atoms with van der Waals surface area (Å²) in [6.07, 6.45) is 0. The molecule has 1 aliphatic rings. The fourth-order valence-electron chi connectivity index (χ4n) is 1.36. The number of aromatic nitrogens is 1. The summed E-state index contributed by atoms with van der Waals surface area (Å²) in [4.78, 5) is 4.45. The average Bonchev–Trinajstić information content (AvgIpc) is 2.54. The predicted octanol–water partition coefficient (Wildman–Crippen LogP) is 0.685. The Bertz CT molecular complexity index is 253. The van der Waals surface area contributed by atoms with Gasteiger partial charge in [-0.3, -0.25) is 0 Å². The Morgan fingerprint density at radius 2 is 2.50 bits per heavy atom. The molecule has 1 unspecified atom stereocenters. The molecule has 4 heteroatoms. The maximum atomic E-state index is 4.45. The van der Waals surface area contributed by atoms with Crippen LogP contribution in [0, 0.1) is 6.92 Å². The number of thiazole rings is 1. The monoisotopic (exact) mass is 183 g/mol. The Kier molecular flexibility index (Phi) is 2.39. The smallest absolute Gasteiger partial charge is 0.111 e. The molecule has 2 N–H and O–H groups in total. The Hall–Kier alpha value is -0.450. The molecule has 12 heavy (non-hydrogen) atoms. The SMILES string of the molecule is Cc1csc(C2CNCCN2)n1. The zero-order valence-corrected chi connectivity index (χ0v) is 7.95. The first-order chi connectivity index (χ1) is 5.86. The highest BCUT2D eigenvalue weighted by Gasteiger charge is 2.16. The van der Waals surface area contributed by atoms with Crippen LogP contribution in [0.2, 0.25) is 0 Å². The van der Waals surface area contributed by atoms with Crippen molar-refractivity contribution in [1.82, 2.24) is 15.6 Å². The summed E-state index contributed by atoms with van der Waals surface area (Å²) < 4.78 is 0. The van der Waals surface area contributed by atoms with Gasteiger partial charge >= 0.3 is 0 Å². The van der Waals surface area contributed by atoms with Crippen LogP contribution in [-0.2, 0) is 0 Å². The van der Waals surface area contributed by atoms with E-state index >= 15 is 0 Å². The van der Waals surface area contributed by atoms with Crippen molar-refractivity contribution in [1.29, 1.82) is 0 Å². The van der Waals surface area contributed by atoms with Crippen molar-refractivity contribution in [2.75, 3.05) is 19.6 Å². The summed E-state index contributed by atoms with van der Waals surface area (Å²) >= 11 is 1.74. The van der Waals surface area contributed by atoms with E-state index in [1.165, 1.54) is 5.01 Å². The van der Waals surface area contributed by atoms with E-state index in [1.54, 1.807) is 11.3 Å². The molecular weight excluding hydrogens is 170 g/mol. The fraction of sp³-hybridized carbons (Fsp3) is 0.625. The first-order valence-electron chi connectivity index (χ1n) is 4.22. The van der Waals surface area contributed by atoms with Crippen LogP contribution in [0.4, 0.5) is 0 Å². The van der Waals surface area contributed by atoms with Gasteiger partial charge in [0.15, 0.2) is 0 Å². The molecule has 2 rings (SSSR count). The Balaban J connectivity index is 2.08. The molecule has 1 fully saturated rings. The summed E-state index contributed by atoms with van der Waals surface area (Å²) in [5.74, 6) is 0. The van der Waals surface area contributed by atoms with Crippen molar-refractivity contribution in [2.24, 2.45) is 0 Å². The van der Waals surface area contributed by atoms with E-state index in [2.05, 4.69) is 21.0 Å². The second kappa shape index (κ2) is 3.51. The second-order valence-electron chi connectivity index (χ2n) is 3.04. The van der Waals surface area contributed by atoms with E-state index in [1.807, 2.05) is 6.92 Å². The lowest BCUT2D eigenvalue weighted by atomic mass is 10.2. The van der Waals surface area contributed by atoms with Crippen molar-refractivity contribution < 1.29 is 0 Å². The van der Waals surface area contributed by atoms with E-state index in [4.69, 9.17) is 0 Å². The number of nitrogens with zero attached hydrogens (tertiary/aromatic N) is 1. The van der Waals surface area contributed by atoms with Crippen LogP contribution in [-0.4, -0.2) is 24.6 Å². The molecule has 0 aromatic carbocycles. The van der Waals surface area contributed by atoms with E-state index in [0.717, 1.165) is 25.3 Å². The quantitative estimate of drug-likeness (QED) is 0.672. The average molecular weight is 183 g/mol. The highest BCUT2D eigenvalue weighted by atomic mass is 32.1. The van der Waals surface area contributed by atoms with E-state index < -0.39 is 0 Å². The first-order valence-corrected chi connectivity index (χ1v) is 5.10. The van der Waals surface area contributed by atoms with Crippen molar-refractivity contribution in [3.05, 3.63) is 16.1 Å². The van der Waals surface area contributed by atoms with Gasteiger partial charge in [-0.2, -0.15) is 0 Å². The zero-order chi connectivity index (χ0) is 8.39. The van der Waals surface area contributed by atoms with Gasteiger partial charge in [0.05, 0.1) is 6.04 Å². The van der Waals surface area contributed by atoms with Crippen molar-refractivity contribution in [2.45, 2.75) is 13.0 Å². The van der Waals surface area contributed by atoms with Crippen molar-refractivity contribution in [3.63, 3.8) is 0 Å². The van der Waals surface area contributed by atoms with E-state index in [-0.39, 0.29) is 0 Å². The molecule has 0 spiro atoms. The molecule has 1 aromatic rings. The normalized spacial score (nSPS) is 24.2. The third-order valence-corrected chi connectivity index (χ3v) is 3.05. The number of nitrogens with one attached hydrogen (secondary N) is 2. The van der Waals surface area contributed by atoms with E-state index in [0.29, 0.717) is 6.04 Å². The van der Waals surface area contributed by atoms with Gasteiger partial charge in [0.25, 0.3) is 0 Å². The maximum Gasteiger partial charge on any atom is 0.111 e. The molecule has 0 saturated carbocycles. The summed E-state index contributed by atoms with van der Waals surface area (Å²) in [6, 6.07) is 0.428. The Morgan fingerprint density at radius 3 is 3.08 bits per heavy atom. The molecule has 0 aliphatic carbocycles. The molecule has 0 radical (unpaired) electrons. The largest absolute Gasteiger partial charge is 0.313 e. The van der Waals surface area contributed by atoms with Gasteiger partial charge in [-0.15, -0.1) is 11.3 Å². The fourth-order valence-corrected chi connectivity index (χ4v) is 2.23. The lowest BCUT2D eigenvalue weighted by Gasteiger charge is -2.22. The van der Waals surface area contributed by atoms with Crippen LogP contribution >= 0.6 is 11.3 Å². The number of hydrogen-bond acceptors (Lipinski definition) is 4. The maximum absolute atomic E-state index is 4.45. The van der Waals surface area contributed by atoms with Crippen LogP contribution in [0.1, 0.15) is 16.7 Å². The summed E-state index contributed by atoms with van der Waals surface area (Å²) in [6.45, 7) is 5.16. The van der Waals surface area contributed by atoms with Gasteiger partial charge < -0.3 is 10.6 Å². The van der Waals surface area contributed by atoms with Gasteiger partial charge in [0.1, 0.15) is 5.01 Å². The number of piperazine rings is 1. The van der Waals surface area contributed by atoms with Gasteiger partial charge in [0, 0.05) is 30.7 Å². The standard InChI is InChI=1S/C8H13N3S/c1-6-5-12-8(11-6)7-4-9-2-3-10-7/h5,7,9-10H,2-4H2,1H3. The molecule has 0 amide bonds. The molecular formula is C8H13N3S. The molecule has 1 saturated heterocycles. The first kappa shape index (κ1) is 8.16. The summed E-state index contributed by atoms with van der Waals surface area (Å²) in [7, 11) is 0. The van der Waals surface area contributed by atoms with Crippen molar-refractivity contribution in [3.8, 4) is 0 Å². The minimum atomic E-state index is 0.428. The molecule has 1 aromatic heterocycles. The molecule has 3 nitrogen and oxygen atoms in total. The highest BCUT2D eigenvalue weighted by Crippen LogP contribution is 2.17. The molecule has 0 bridgehead atoms. The van der Waals surface area contributed by atoms with Crippen LogP contribution in [0.15, 0.2) is 5.38 Å². The molecule has 2 heterocycles. The number of aryl methyl sites for hydroxylation is 1.